The molecular weight excluding hydrogens is 290 g/mol. The van der Waals surface area contributed by atoms with Crippen molar-refractivity contribution < 1.29 is 0 Å². The molecule has 112 valence electrons. The van der Waals surface area contributed by atoms with Gasteiger partial charge in [-0.3, -0.25) is 0 Å². The number of hydrogen-bond acceptors (Lipinski definition) is 4. The summed E-state index contributed by atoms with van der Waals surface area (Å²) in [6.07, 6.45) is 2.49. The molecule has 0 aliphatic heterocycles. The predicted octanol–water partition coefficient (Wildman–Crippen LogP) is 1.67. The number of imidazole rings is 1. The Hall–Kier alpha value is -1.89. The first-order valence-corrected chi connectivity index (χ1v) is 7.50. The summed E-state index contributed by atoms with van der Waals surface area (Å²) in [5.74, 6) is 2.20. The summed E-state index contributed by atoms with van der Waals surface area (Å²) in [7, 11) is 1.95. The predicted molar refractivity (Wildman–Crippen MR) is 80.2 cm³/mol. The second-order valence-electron chi connectivity index (χ2n) is 4.99. The van der Waals surface area contributed by atoms with Gasteiger partial charge in [0, 0.05) is 26.6 Å². The number of nitrogens with zero attached hydrogens (tertiary/aromatic N) is 7. The Labute approximate surface area is 127 Å². The van der Waals surface area contributed by atoms with Crippen molar-refractivity contribution in [1.82, 2.24) is 34.1 Å². The van der Waals surface area contributed by atoms with E-state index in [9.17, 15) is 0 Å². The number of hydrogen-bond donors (Lipinski definition) is 0. The summed E-state index contributed by atoms with van der Waals surface area (Å²) in [6, 6.07) is 0. The number of alkyl halides is 1. The van der Waals surface area contributed by atoms with Gasteiger partial charge in [0.15, 0.2) is 5.65 Å². The van der Waals surface area contributed by atoms with Crippen LogP contribution in [0.2, 0.25) is 0 Å². The summed E-state index contributed by atoms with van der Waals surface area (Å²) in [5.41, 5.74) is 2.91. The lowest BCUT2D eigenvalue weighted by Gasteiger charge is -2.08. The second-order valence-corrected chi connectivity index (χ2v) is 5.26. The van der Waals surface area contributed by atoms with Gasteiger partial charge >= 0.3 is 0 Å². The van der Waals surface area contributed by atoms with Gasteiger partial charge in [-0.25, -0.2) is 9.67 Å². The van der Waals surface area contributed by atoms with Crippen LogP contribution in [0.4, 0.5) is 0 Å². The quantitative estimate of drug-likeness (QED) is 0.673. The highest BCUT2D eigenvalue weighted by Gasteiger charge is 2.18. The molecule has 0 fully saturated rings. The van der Waals surface area contributed by atoms with Crippen molar-refractivity contribution in [3.05, 3.63) is 23.7 Å². The van der Waals surface area contributed by atoms with Gasteiger partial charge in [-0.2, -0.15) is 5.10 Å². The monoisotopic (exact) mass is 307 g/mol. The lowest BCUT2D eigenvalue weighted by Crippen LogP contribution is -2.11. The van der Waals surface area contributed by atoms with E-state index in [2.05, 4.69) is 31.8 Å². The Morgan fingerprint density at radius 1 is 1.29 bits per heavy atom. The fraction of sp³-hybridized carbons (Fsp3) is 0.538. The summed E-state index contributed by atoms with van der Waals surface area (Å²) >= 11 is 6.05. The van der Waals surface area contributed by atoms with E-state index >= 15 is 0 Å². The van der Waals surface area contributed by atoms with Crippen LogP contribution in [0.25, 0.3) is 11.2 Å². The van der Waals surface area contributed by atoms with Gasteiger partial charge in [-0.1, -0.05) is 0 Å². The van der Waals surface area contributed by atoms with Crippen LogP contribution in [0.3, 0.4) is 0 Å². The molecule has 3 heterocycles. The largest absolute Gasteiger partial charge is 0.321 e. The summed E-state index contributed by atoms with van der Waals surface area (Å²) in [6.45, 7) is 5.62. The first-order chi connectivity index (χ1) is 10.2. The number of aromatic nitrogens is 7. The van der Waals surface area contributed by atoms with Crippen molar-refractivity contribution >= 4 is 22.8 Å². The Morgan fingerprint density at radius 2 is 2.10 bits per heavy atom. The lowest BCUT2D eigenvalue weighted by atomic mass is 10.4. The minimum atomic E-state index is 0.386. The summed E-state index contributed by atoms with van der Waals surface area (Å²) in [5, 5.41) is 12.6. The van der Waals surface area contributed by atoms with Gasteiger partial charge in [-0.05, 0) is 13.8 Å². The molecule has 8 heteroatoms. The molecule has 0 aromatic carbocycles. The molecule has 3 rings (SSSR count). The molecule has 0 atom stereocenters. The number of aryl methyl sites for hydroxylation is 5. The van der Waals surface area contributed by atoms with Gasteiger partial charge in [0.2, 0.25) is 0 Å². The third kappa shape index (κ3) is 2.31. The van der Waals surface area contributed by atoms with Gasteiger partial charge in [0.25, 0.3) is 0 Å². The Bertz CT molecular complexity index is 767. The Balaban J connectivity index is 2.01. The zero-order valence-corrected chi connectivity index (χ0v) is 13.2. The van der Waals surface area contributed by atoms with E-state index in [0.717, 1.165) is 48.0 Å². The number of rotatable bonds is 5. The van der Waals surface area contributed by atoms with E-state index in [1.807, 2.05) is 23.2 Å². The maximum atomic E-state index is 6.05. The highest BCUT2D eigenvalue weighted by atomic mass is 35.5. The zero-order valence-electron chi connectivity index (χ0n) is 12.4. The van der Waals surface area contributed by atoms with Gasteiger partial charge in [0.1, 0.15) is 23.5 Å². The topological polar surface area (TPSA) is 66.3 Å². The fourth-order valence-electron chi connectivity index (χ4n) is 2.57. The molecule has 0 unspecified atom stereocenters. The molecule has 3 aromatic rings. The number of halogens is 1. The average Bonchev–Trinajstić information content (AvgIpc) is 3.13. The van der Waals surface area contributed by atoms with Crippen LogP contribution in [0.15, 0.2) is 6.33 Å². The van der Waals surface area contributed by atoms with Crippen LogP contribution in [0.5, 0.6) is 0 Å². The zero-order chi connectivity index (χ0) is 15.0. The highest BCUT2D eigenvalue weighted by molar-refractivity contribution is 6.16. The molecule has 0 bridgehead atoms. The smallest absolute Gasteiger partial charge is 0.158 e. The fourth-order valence-corrected chi connectivity index (χ4v) is 2.78. The van der Waals surface area contributed by atoms with Crippen LogP contribution in [0, 0.1) is 6.92 Å². The maximum Gasteiger partial charge on any atom is 0.158 e. The van der Waals surface area contributed by atoms with E-state index in [4.69, 9.17) is 11.6 Å². The minimum Gasteiger partial charge on any atom is -0.321 e. The second kappa shape index (κ2) is 5.48. The summed E-state index contributed by atoms with van der Waals surface area (Å²) in [4.78, 5) is 4.63. The maximum absolute atomic E-state index is 6.05. The molecule has 0 radical (unpaired) electrons. The molecule has 0 amide bonds. The van der Waals surface area contributed by atoms with Gasteiger partial charge < -0.3 is 9.13 Å². The van der Waals surface area contributed by atoms with Gasteiger partial charge in [-0.15, -0.1) is 21.8 Å². The van der Waals surface area contributed by atoms with Gasteiger partial charge in [0.05, 0.1) is 11.6 Å². The van der Waals surface area contributed by atoms with E-state index in [1.54, 1.807) is 6.33 Å². The van der Waals surface area contributed by atoms with E-state index in [-0.39, 0.29) is 0 Å². The van der Waals surface area contributed by atoms with Crippen LogP contribution >= 0.6 is 11.6 Å². The average molecular weight is 308 g/mol. The Morgan fingerprint density at radius 3 is 2.71 bits per heavy atom. The molecule has 7 nitrogen and oxygen atoms in total. The van der Waals surface area contributed by atoms with Crippen LogP contribution in [0.1, 0.15) is 24.3 Å². The van der Waals surface area contributed by atoms with Crippen molar-refractivity contribution in [2.45, 2.75) is 39.2 Å². The molecule has 0 spiro atoms. The van der Waals surface area contributed by atoms with E-state index in [1.165, 1.54) is 0 Å². The molecule has 3 aromatic heterocycles. The molecule has 0 saturated carbocycles. The molecule has 21 heavy (non-hydrogen) atoms. The minimum absolute atomic E-state index is 0.386. The lowest BCUT2D eigenvalue weighted by molar-refractivity contribution is 0.601. The highest BCUT2D eigenvalue weighted by Crippen LogP contribution is 2.21. The molecular formula is C13H18ClN7. The first kappa shape index (κ1) is 14.1. The van der Waals surface area contributed by atoms with Crippen LogP contribution in [-0.2, 0) is 32.4 Å². The van der Waals surface area contributed by atoms with Crippen molar-refractivity contribution in [3.63, 3.8) is 0 Å². The van der Waals surface area contributed by atoms with E-state index in [0.29, 0.717) is 5.88 Å². The molecule has 0 N–H and O–H groups in total. The van der Waals surface area contributed by atoms with Crippen molar-refractivity contribution in [2.75, 3.05) is 0 Å². The van der Waals surface area contributed by atoms with Crippen molar-refractivity contribution in [1.29, 1.82) is 0 Å². The molecule has 0 aliphatic carbocycles. The number of fused-ring (bicyclic) bond motifs is 1. The molecule has 0 aliphatic rings. The third-order valence-electron chi connectivity index (χ3n) is 3.66. The Kier molecular flexibility index (Phi) is 3.67. The van der Waals surface area contributed by atoms with E-state index < -0.39 is 0 Å². The first-order valence-electron chi connectivity index (χ1n) is 6.97. The standard InChI is InChI=1S/C13H18ClN7/c1-4-21-13-12(9(2)18-21)16-11(7-14)20(13)6-5-10-17-15-8-19(10)3/h8H,4-7H2,1-3H3. The van der Waals surface area contributed by atoms with Crippen LogP contribution < -0.4 is 0 Å². The van der Waals surface area contributed by atoms with Crippen molar-refractivity contribution in [3.8, 4) is 0 Å². The third-order valence-corrected chi connectivity index (χ3v) is 3.90. The molecule has 0 saturated heterocycles. The SMILES string of the molecule is CCn1nc(C)c2nc(CCl)n(CCc3nncn3C)c21. The summed E-state index contributed by atoms with van der Waals surface area (Å²) < 4.78 is 6.04. The van der Waals surface area contributed by atoms with Crippen molar-refractivity contribution in [2.24, 2.45) is 7.05 Å². The normalized spacial score (nSPS) is 11.6. The van der Waals surface area contributed by atoms with Crippen LogP contribution in [-0.4, -0.2) is 34.1 Å².